The quantitative estimate of drug-likeness (QED) is 0.234. The number of rotatable bonds is 9. The average molecular weight is 474 g/mol. The van der Waals surface area contributed by atoms with Crippen LogP contribution < -0.4 is 9.47 Å². The standard InChI is InChI=1S/C28H17B3N4O2/c1-36-24-12-8-22(9-13-24)26(6-2-4-20(16-32)17-33)27(7-3-5-21(18-34)19-35)23-10-14-25(15-11-23)37-28(29,30)31/h2-15H,1H3/b6-2+,7-3+,27-26+. The highest BCUT2D eigenvalue weighted by molar-refractivity contribution is 6.58. The van der Waals surface area contributed by atoms with Gasteiger partial charge in [0, 0.05) is 0 Å². The average Bonchev–Trinajstić information content (AvgIpc) is 2.89. The molecule has 0 amide bonds. The summed E-state index contributed by atoms with van der Waals surface area (Å²) in [7, 11) is 18.1. The molecule has 0 aromatic heterocycles. The third kappa shape index (κ3) is 8.88. The third-order valence-electron chi connectivity index (χ3n) is 4.68. The van der Waals surface area contributed by atoms with Crippen molar-refractivity contribution < 1.29 is 9.47 Å². The molecule has 0 N–H and O–H groups in total. The second-order valence-corrected chi connectivity index (χ2v) is 7.36. The topological polar surface area (TPSA) is 114 Å². The fourth-order valence-corrected chi connectivity index (χ4v) is 3.04. The van der Waals surface area contributed by atoms with Crippen molar-refractivity contribution in [2.75, 3.05) is 7.11 Å². The van der Waals surface area contributed by atoms with Crippen LogP contribution in [-0.4, -0.2) is 35.9 Å². The molecule has 0 saturated heterocycles. The fraction of sp³-hybridized carbons (Fsp3) is 0.0714. The largest absolute Gasteiger partial charge is 0.516 e. The predicted octanol–water partition coefficient (Wildman–Crippen LogP) is 4.16. The third-order valence-corrected chi connectivity index (χ3v) is 4.68. The molecule has 0 bridgehead atoms. The Hall–Kier alpha value is -5.11. The molecule has 0 fully saturated rings. The number of methoxy groups -OCH3 is 1. The molecular weight excluding hydrogens is 457 g/mol. The summed E-state index contributed by atoms with van der Waals surface area (Å²) in [5, 5.41) is 34.4. The Morgan fingerprint density at radius 2 is 1.05 bits per heavy atom. The van der Waals surface area contributed by atoms with E-state index in [1.165, 1.54) is 12.2 Å². The van der Waals surface area contributed by atoms with Gasteiger partial charge in [-0.15, -0.1) is 0 Å². The monoisotopic (exact) mass is 474 g/mol. The van der Waals surface area contributed by atoms with E-state index < -0.39 is 5.30 Å². The second kappa shape index (κ2) is 13.7. The molecule has 170 valence electrons. The number of benzene rings is 2. The van der Waals surface area contributed by atoms with E-state index in [0.29, 0.717) is 22.6 Å². The molecule has 0 spiro atoms. The van der Waals surface area contributed by atoms with Crippen molar-refractivity contribution in [3.8, 4) is 35.8 Å². The molecule has 0 aliphatic heterocycles. The highest BCUT2D eigenvalue weighted by Crippen LogP contribution is 2.31. The molecule has 0 saturated carbocycles. The SMILES string of the molecule is [B]C([B])([B])Oc1ccc(C(/C=C/C=C(C#N)C#N)=C(\C=C\C=C(C#N)C#N)c2ccc(OC)cc2)cc1. The zero-order valence-corrected chi connectivity index (χ0v) is 19.9. The molecule has 0 unspecified atom stereocenters. The van der Waals surface area contributed by atoms with E-state index >= 15 is 0 Å². The van der Waals surface area contributed by atoms with Gasteiger partial charge in [-0.05, 0) is 64.0 Å². The van der Waals surface area contributed by atoms with Gasteiger partial charge in [0.2, 0.25) is 0 Å². The minimum atomic E-state index is -1.85. The lowest BCUT2D eigenvalue weighted by molar-refractivity contribution is 0.318. The summed E-state index contributed by atoms with van der Waals surface area (Å²) in [6, 6.07) is 21.3. The Kier molecular flexibility index (Phi) is 10.4. The highest BCUT2D eigenvalue weighted by Gasteiger charge is 2.12. The lowest BCUT2D eigenvalue weighted by atomic mass is 9.52. The van der Waals surface area contributed by atoms with E-state index in [0.717, 1.165) is 11.1 Å². The molecule has 0 aliphatic carbocycles. The van der Waals surface area contributed by atoms with E-state index in [-0.39, 0.29) is 11.1 Å². The first-order chi connectivity index (χ1) is 17.7. The van der Waals surface area contributed by atoms with Crippen molar-refractivity contribution in [3.05, 3.63) is 107 Å². The van der Waals surface area contributed by atoms with Gasteiger partial charge in [-0.3, -0.25) is 0 Å². The lowest BCUT2D eigenvalue weighted by Crippen LogP contribution is -2.37. The maximum absolute atomic E-state index is 9.07. The zero-order chi connectivity index (χ0) is 27.3. The van der Waals surface area contributed by atoms with Gasteiger partial charge in [0.25, 0.3) is 0 Å². The summed E-state index contributed by atoms with van der Waals surface area (Å²) in [5.41, 5.74) is 2.77. The molecule has 2 aromatic carbocycles. The lowest BCUT2D eigenvalue weighted by Gasteiger charge is -2.23. The number of allylic oxidation sites excluding steroid dienone is 10. The number of nitrogens with zero attached hydrogens (tertiary/aromatic N) is 4. The van der Waals surface area contributed by atoms with Gasteiger partial charge in [0.15, 0.2) is 0 Å². The van der Waals surface area contributed by atoms with Crippen molar-refractivity contribution in [1.82, 2.24) is 0 Å². The van der Waals surface area contributed by atoms with Crippen LogP contribution in [0.5, 0.6) is 11.5 Å². The summed E-state index contributed by atoms with van der Waals surface area (Å²) in [6.45, 7) is 0. The van der Waals surface area contributed by atoms with Gasteiger partial charge in [0.1, 0.15) is 70.5 Å². The van der Waals surface area contributed by atoms with E-state index in [9.17, 15) is 0 Å². The van der Waals surface area contributed by atoms with Crippen molar-refractivity contribution in [1.29, 1.82) is 21.0 Å². The van der Waals surface area contributed by atoms with Gasteiger partial charge in [-0.1, -0.05) is 48.6 Å². The van der Waals surface area contributed by atoms with E-state index in [1.807, 2.05) is 36.4 Å². The number of nitriles is 4. The molecule has 37 heavy (non-hydrogen) atoms. The Morgan fingerprint density at radius 1 is 0.676 bits per heavy atom. The molecule has 2 rings (SSSR count). The molecular formula is C28H17B3N4O2. The number of ether oxygens (including phenoxy) is 2. The normalized spacial score (nSPS) is 11.3. The van der Waals surface area contributed by atoms with Crippen LogP contribution in [0, 0.1) is 45.3 Å². The van der Waals surface area contributed by atoms with Crippen LogP contribution in [0.4, 0.5) is 0 Å². The van der Waals surface area contributed by atoms with Gasteiger partial charge in [0.05, 0.1) is 7.11 Å². The summed E-state index contributed by atoms with van der Waals surface area (Å²) < 4.78 is 10.5. The van der Waals surface area contributed by atoms with Gasteiger partial charge >= 0.3 is 0 Å². The highest BCUT2D eigenvalue weighted by atomic mass is 16.5. The van der Waals surface area contributed by atoms with Crippen LogP contribution in [0.3, 0.4) is 0 Å². The predicted molar refractivity (Wildman–Crippen MR) is 144 cm³/mol. The second-order valence-electron chi connectivity index (χ2n) is 7.36. The van der Waals surface area contributed by atoms with Crippen molar-refractivity contribution in [2.45, 2.75) is 5.30 Å². The number of hydrogen-bond acceptors (Lipinski definition) is 6. The number of hydrogen-bond donors (Lipinski definition) is 0. The Balaban J connectivity index is 2.79. The van der Waals surface area contributed by atoms with Crippen LogP contribution >= 0.6 is 0 Å². The Bertz CT molecular complexity index is 1400. The van der Waals surface area contributed by atoms with E-state index in [4.69, 9.17) is 54.1 Å². The first-order valence-electron chi connectivity index (χ1n) is 10.7. The molecule has 6 radical (unpaired) electrons. The zero-order valence-electron chi connectivity index (χ0n) is 19.9. The molecule has 9 heteroatoms. The van der Waals surface area contributed by atoms with Gasteiger partial charge in [-0.25, -0.2) is 0 Å². The van der Waals surface area contributed by atoms with Crippen LogP contribution in [-0.2, 0) is 0 Å². The smallest absolute Gasteiger partial charge is 0.129 e. The minimum Gasteiger partial charge on any atom is -0.516 e. The fourth-order valence-electron chi connectivity index (χ4n) is 3.04. The van der Waals surface area contributed by atoms with Crippen LogP contribution in [0.25, 0.3) is 11.1 Å². The molecule has 0 atom stereocenters. The summed E-state index contributed by atoms with van der Waals surface area (Å²) in [6.07, 6.45) is 9.42. The molecule has 0 aliphatic rings. The first-order valence-corrected chi connectivity index (χ1v) is 10.7. The van der Waals surface area contributed by atoms with Crippen LogP contribution in [0.1, 0.15) is 11.1 Å². The minimum absolute atomic E-state index is 0.0617. The summed E-state index contributed by atoms with van der Waals surface area (Å²) in [5.74, 6) is 0.999. The molecule has 0 heterocycles. The molecule has 6 nitrogen and oxygen atoms in total. The maximum atomic E-state index is 9.07. The van der Waals surface area contributed by atoms with E-state index in [2.05, 4.69) is 0 Å². The van der Waals surface area contributed by atoms with Crippen molar-refractivity contribution >= 4 is 34.7 Å². The van der Waals surface area contributed by atoms with Gasteiger partial charge < -0.3 is 9.47 Å². The summed E-state index contributed by atoms with van der Waals surface area (Å²) >= 11 is 0. The Morgan fingerprint density at radius 3 is 1.38 bits per heavy atom. The van der Waals surface area contributed by atoms with Crippen molar-refractivity contribution in [2.24, 2.45) is 0 Å². The van der Waals surface area contributed by atoms with Crippen molar-refractivity contribution in [3.63, 3.8) is 0 Å². The first kappa shape index (κ1) is 28.1. The van der Waals surface area contributed by atoms with Gasteiger partial charge in [-0.2, -0.15) is 21.0 Å². The van der Waals surface area contributed by atoms with E-state index in [1.54, 1.807) is 67.8 Å². The molecule has 2 aromatic rings. The van der Waals surface area contributed by atoms with Crippen LogP contribution in [0.2, 0.25) is 0 Å². The Labute approximate surface area is 220 Å². The maximum Gasteiger partial charge on any atom is 0.129 e. The summed E-state index contributed by atoms with van der Waals surface area (Å²) in [4.78, 5) is 0. The van der Waals surface area contributed by atoms with Crippen LogP contribution in [0.15, 0.2) is 96.1 Å².